The van der Waals surface area contributed by atoms with Gasteiger partial charge in [-0.05, 0) is 54.2 Å². The first-order chi connectivity index (χ1) is 17.0. The van der Waals surface area contributed by atoms with Crippen molar-refractivity contribution < 1.29 is 32.6 Å². The summed E-state index contributed by atoms with van der Waals surface area (Å²) in [5, 5.41) is 20.6. The molecule has 36 heavy (non-hydrogen) atoms. The van der Waals surface area contributed by atoms with E-state index in [-0.39, 0.29) is 48.1 Å². The van der Waals surface area contributed by atoms with Gasteiger partial charge in [0.15, 0.2) is 6.61 Å². The fourth-order valence-electron chi connectivity index (χ4n) is 3.34. The summed E-state index contributed by atoms with van der Waals surface area (Å²) in [5.74, 6) is -0.995. The maximum atomic E-state index is 12.9. The van der Waals surface area contributed by atoms with E-state index in [4.69, 9.17) is 19.8 Å². The first kappa shape index (κ1) is 28.6. The minimum atomic E-state index is -3.98. The highest BCUT2D eigenvalue weighted by molar-refractivity contribution is 7.89. The lowest BCUT2D eigenvalue weighted by atomic mass is 10.00. The zero-order valence-corrected chi connectivity index (χ0v) is 21.5. The van der Waals surface area contributed by atoms with E-state index in [1.54, 1.807) is 19.1 Å². The van der Waals surface area contributed by atoms with Crippen LogP contribution in [0.4, 0.5) is 0 Å². The molecule has 194 valence electrons. The average molecular weight is 518 g/mol. The van der Waals surface area contributed by atoms with E-state index in [1.807, 2.05) is 26.0 Å². The molecule has 0 radical (unpaired) electrons. The molecule has 2 aromatic carbocycles. The summed E-state index contributed by atoms with van der Waals surface area (Å²) in [4.78, 5) is 23.2. The number of sulfonamides is 1. The molecule has 0 spiro atoms. The molecule has 2 rings (SSSR count). The molecule has 3 N–H and O–H groups in total. The SMILES string of the molecule is CCC(NC(=O)COc1cc(C(C)C)ccc1CCNS(=O)(=O)c1cc(C#N)ccc1OC)C(=O)O. The molecule has 0 aliphatic heterocycles. The highest BCUT2D eigenvalue weighted by Gasteiger charge is 2.21. The fraction of sp³-hybridized carbons (Fsp3) is 0.400. The van der Waals surface area contributed by atoms with E-state index in [0.29, 0.717) is 11.3 Å². The Morgan fingerprint density at radius 3 is 2.44 bits per heavy atom. The van der Waals surface area contributed by atoms with Gasteiger partial charge in [0.2, 0.25) is 10.0 Å². The summed E-state index contributed by atoms with van der Waals surface area (Å²) in [6.07, 6.45) is 0.485. The Balaban J connectivity index is 2.16. The van der Waals surface area contributed by atoms with Crippen LogP contribution in [-0.4, -0.2) is 51.7 Å². The minimum absolute atomic E-state index is 0.0166. The van der Waals surface area contributed by atoms with Crippen molar-refractivity contribution in [3.8, 4) is 17.6 Å². The molecule has 0 aliphatic rings. The standard InChI is InChI=1S/C25H31N3O7S/c1-5-20(25(30)31)28-24(29)15-35-22-13-19(16(2)3)8-7-18(22)10-11-27-36(32,33)23-12-17(14-26)6-9-21(23)34-4/h6-9,12-13,16,20,27H,5,10-11,15H2,1-4H3,(H,28,29)(H,30,31). The van der Waals surface area contributed by atoms with Gasteiger partial charge in [-0.3, -0.25) is 4.79 Å². The zero-order chi connectivity index (χ0) is 26.9. The van der Waals surface area contributed by atoms with Crippen LogP contribution in [0.2, 0.25) is 0 Å². The first-order valence-corrected chi connectivity index (χ1v) is 12.9. The summed E-state index contributed by atoms with van der Waals surface area (Å²) in [7, 11) is -2.63. The molecular formula is C25H31N3O7S. The van der Waals surface area contributed by atoms with Crippen LogP contribution >= 0.6 is 0 Å². The highest BCUT2D eigenvalue weighted by Crippen LogP contribution is 2.27. The van der Waals surface area contributed by atoms with Crippen LogP contribution in [0.3, 0.4) is 0 Å². The van der Waals surface area contributed by atoms with E-state index in [2.05, 4.69) is 10.0 Å². The Morgan fingerprint density at radius 2 is 1.86 bits per heavy atom. The third-order valence-corrected chi connectivity index (χ3v) is 6.91. The third-order valence-electron chi connectivity index (χ3n) is 5.43. The second-order valence-corrected chi connectivity index (χ2v) is 10.0. The Kier molecular flexibility index (Phi) is 10.3. The number of carboxylic acids is 1. The molecule has 0 heterocycles. The van der Waals surface area contributed by atoms with Crippen LogP contribution in [0, 0.1) is 11.3 Å². The van der Waals surface area contributed by atoms with Gasteiger partial charge in [-0.1, -0.05) is 32.9 Å². The zero-order valence-electron chi connectivity index (χ0n) is 20.7. The van der Waals surface area contributed by atoms with Crippen molar-refractivity contribution in [1.82, 2.24) is 10.0 Å². The molecule has 2 aromatic rings. The van der Waals surface area contributed by atoms with Crippen LogP contribution in [0.5, 0.6) is 11.5 Å². The van der Waals surface area contributed by atoms with Gasteiger partial charge in [-0.15, -0.1) is 0 Å². The third kappa shape index (κ3) is 7.69. The molecular weight excluding hydrogens is 486 g/mol. The molecule has 0 fully saturated rings. The second-order valence-electron chi connectivity index (χ2n) is 8.30. The molecule has 1 unspecified atom stereocenters. The van der Waals surface area contributed by atoms with Gasteiger partial charge in [-0.2, -0.15) is 5.26 Å². The van der Waals surface area contributed by atoms with Crippen molar-refractivity contribution >= 4 is 21.9 Å². The van der Waals surface area contributed by atoms with Crippen LogP contribution in [0.15, 0.2) is 41.3 Å². The van der Waals surface area contributed by atoms with Crippen molar-refractivity contribution in [3.63, 3.8) is 0 Å². The number of nitrogens with zero attached hydrogens (tertiary/aromatic N) is 1. The number of methoxy groups -OCH3 is 1. The van der Waals surface area contributed by atoms with Crippen molar-refractivity contribution in [2.75, 3.05) is 20.3 Å². The maximum Gasteiger partial charge on any atom is 0.326 e. The van der Waals surface area contributed by atoms with Gasteiger partial charge < -0.3 is 19.9 Å². The Bertz CT molecular complexity index is 1240. The van der Waals surface area contributed by atoms with Gasteiger partial charge >= 0.3 is 5.97 Å². The monoisotopic (exact) mass is 517 g/mol. The number of nitrogens with one attached hydrogen (secondary N) is 2. The summed E-state index contributed by atoms with van der Waals surface area (Å²) < 4.78 is 39.1. The van der Waals surface area contributed by atoms with Gasteiger partial charge in [0, 0.05) is 6.54 Å². The summed E-state index contributed by atoms with van der Waals surface area (Å²) >= 11 is 0. The summed E-state index contributed by atoms with van der Waals surface area (Å²) in [6.45, 7) is 5.28. The second kappa shape index (κ2) is 12.9. The van der Waals surface area contributed by atoms with Gasteiger partial charge in [-0.25, -0.2) is 17.9 Å². The molecule has 10 nitrogen and oxygen atoms in total. The summed E-state index contributed by atoms with van der Waals surface area (Å²) in [5.41, 5.74) is 1.81. The van der Waals surface area contributed by atoms with Crippen LogP contribution in [0.25, 0.3) is 0 Å². The molecule has 0 aromatic heterocycles. The summed E-state index contributed by atoms with van der Waals surface area (Å²) in [6, 6.07) is 10.5. The Labute approximate surface area is 211 Å². The molecule has 0 aliphatic carbocycles. The van der Waals surface area contributed by atoms with E-state index < -0.39 is 27.9 Å². The van der Waals surface area contributed by atoms with Gasteiger partial charge in [0.05, 0.1) is 18.7 Å². The predicted octanol–water partition coefficient (Wildman–Crippen LogP) is 2.57. The Hall–Kier alpha value is -3.62. The topological polar surface area (TPSA) is 155 Å². The van der Waals surface area contributed by atoms with Crippen molar-refractivity contribution in [2.45, 2.75) is 50.5 Å². The fourth-order valence-corrected chi connectivity index (χ4v) is 4.57. The smallest absolute Gasteiger partial charge is 0.326 e. The van der Waals surface area contributed by atoms with Crippen LogP contribution < -0.4 is 19.5 Å². The highest BCUT2D eigenvalue weighted by atomic mass is 32.2. The average Bonchev–Trinajstić information content (AvgIpc) is 2.85. The lowest BCUT2D eigenvalue weighted by Crippen LogP contribution is -2.42. The number of rotatable bonds is 13. The van der Waals surface area contributed by atoms with Gasteiger partial charge in [0.25, 0.3) is 5.91 Å². The quantitative estimate of drug-likeness (QED) is 0.366. The van der Waals surface area contributed by atoms with Crippen LogP contribution in [-0.2, 0) is 26.0 Å². The van der Waals surface area contributed by atoms with E-state index in [9.17, 15) is 18.0 Å². The van der Waals surface area contributed by atoms with Crippen molar-refractivity contribution in [1.29, 1.82) is 5.26 Å². The molecule has 1 amide bonds. The van der Waals surface area contributed by atoms with Crippen LogP contribution in [0.1, 0.15) is 49.8 Å². The van der Waals surface area contributed by atoms with Gasteiger partial charge in [0.1, 0.15) is 22.4 Å². The normalized spacial score (nSPS) is 12.0. The number of ether oxygens (including phenoxy) is 2. The first-order valence-electron chi connectivity index (χ1n) is 11.4. The van der Waals surface area contributed by atoms with E-state index in [0.717, 1.165) is 5.56 Å². The molecule has 0 saturated heterocycles. The number of benzene rings is 2. The predicted molar refractivity (Wildman–Crippen MR) is 132 cm³/mol. The number of nitriles is 1. The van der Waals surface area contributed by atoms with E-state index >= 15 is 0 Å². The lowest BCUT2D eigenvalue weighted by Gasteiger charge is -2.17. The van der Waals surface area contributed by atoms with E-state index in [1.165, 1.54) is 25.3 Å². The number of hydrogen-bond donors (Lipinski definition) is 3. The van der Waals surface area contributed by atoms with Crippen molar-refractivity contribution in [3.05, 3.63) is 53.1 Å². The molecule has 0 saturated carbocycles. The number of aliphatic carboxylic acids is 1. The Morgan fingerprint density at radius 1 is 1.14 bits per heavy atom. The number of amides is 1. The number of carboxylic acid groups (broad SMARTS) is 1. The molecule has 11 heteroatoms. The maximum absolute atomic E-state index is 12.9. The lowest BCUT2D eigenvalue weighted by molar-refractivity contribution is -0.142. The number of hydrogen-bond acceptors (Lipinski definition) is 7. The molecule has 0 bridgehead atoms. The number of carbonyl (C=O) groups excluding carboxylic acids is 1. The van der Waals surface area contributed by atoms with Crippen molar-refractivity contribution in [2.24, 2.45) is 0 Å². The largest absolute Gasteiger partial charge is 0.495 e. The molecule has 1 atom stereocenters. The number of carbonyl (C=O) groups is 2. The minimum Gasteiger partial charge on any atom is -0.495 e.